The third-order valence-corrected chi connectivity index (χ3v) is 5.84. The lowest BCUT2D eigenvalue weighted by Gasteiger charge is -2.28. The molecule has 1 atom stereocenters. The van der Waals surface area contributed by atoms with Crippen LogP contribution in [0.1, 0.15) is 18.4 Å². The number of anilines is 1. The van der Waals surface area contributed by atoms with Crippen LogP contribution in [0.4, 0.5) is 10.5 Å². The SMILES string of the molecule is CN(Cc1ccc(Cl)cc1)C(=O)[C@H]1CCCN1C(=O)Nc1ccc(Oc2ccccc2)cc1. The summed E-state index contributed by atoms with van der Waals surface area (Å²) in [5.41, 5.74) is 1.63. The number of urea groups is 1. The van der Waals surface area contributed by atoms with Crippen LogP contribution in [0.25, 0.3) is 0 Å². The highest BCUT2D eigenvalue weighted by Crippen LogP contribution is 2.25. The van der Waals surface area contributed by atoms with Crippen molar-refractivity contribution in [1.82, 2.24) is 9.80 Å². The molecule has 1 fully saturated rings. The quantitative estimate of drug-likeness (QED) is 0.503. The van der Waals surface area contributed by atoms with Crippen molar-refractivity contribution < 1.29 is 14.3 Å². The van der Waals surface area contributed by atoms with Crippen molar-refractivity contribution in [2.75, 3.05) is 18.9 Å². The van der Waals surface area contributed by atoms with Crippen molar-refractivity contribution >= 4 is 29.2 Å². The van der Waals surface area contributed by atoms with Gasteiger partial charge in [-0.1, -0.05) is 41.9 Å². The number of nitrogens with one attached hydrogen (secondary N) is 1. The van der Waals surface area contributed by atoms with E-state index in [0.717, 1.165) is 17.7 Å². The zero-order valence-electron chi connectivity index (χ0n) is 18.4. The Hall–Kier alpha value is -3.51. The molecule has 4 rings (SSSR count). The summed E-state index contributed by atoms with van der Waals surface area (Å²) in [6.45, 7) is 1.01. The number of carbonyl (C=O) groups is 2. The van der Waals surface area contributed by atoms with Gasteiger partial charge in [0, 0.05) is 30.8 Å². The van der Waals surface area contributed by atoms with Crippen LogP contribution >= 0.6 is 11.6 Å². The first-order chi connectivity index (χ1) is 16.0. The third kappa shape index (κ3) is 5.84. The van der Waals surface area contributed by atoms with Gasteiger partial charge in [0.1, 0.15) is 17.5 Å². The second-order valence-corrected chi connectivity index (χ2v) is 8.48. The zero-order chi connectivity index (χ0) is 23.2. The number of nitrogens with zero attached hydrogens (tertiary/aromatic N) is 2. The number of ether oxygens (including phenoxy) is 1. The minimum atomic E-state index is -0.469. The smallest absolute Gasteiger partial charge is 0.322 e. The van der Waals surface area contributed by atoms with E-state index < -0.39 is 6.04 Å². The first kappa shape index (κ1) is 22.7. The Labute approximate surface area is 198 Å². The first-order valence-electron chi connectivity index (χ1n) is 10.9. The van der Waals surface area contributed by atoms with Gasteiger partial charge in [0.05, 0.1) is 0 Å². The normalized spacial score (nSPS) is 15.2. The Morgan fingerprint density at radius 1 is 1.00 bits per heavy atom. The number of benzene rings is 3. The second kappa shape index (κ2) is 10.4. The molecule has 1 aliphatic rings. The van der Waals surface area contributed by atoms with Crippen molar-refractivity contribution in [3.05, 3.63) is 89.4 Å². The summed E-state index contributed by atoms with van der Waals surface area (Å²) in [6, 6.07) is 23.3. The van der Waals surface area contributed by atoms with E-state index in [-0.39, 0.29) is 11.9 Å². The minimum absolute atomic E-state index is 0.0655. The van der Waals surface area contributed by atoms with Crippen LogP contribution in [0.5, 0.6) is 11.5 Å². The van der Waals surface area contributed by atoms with Crippen molar-refractivity contribution in [2.24, 2.45) is 0 Å². The molecule has 0 spiro atoms. The maximum Gasteiger partial charge on any atom is 0.322 e. The fourth-order valence-corrected chi connectivity index (χ4v) is 4.01. The average molecular weight is 464 g/mol. The summed E-state index contributed by atoms with van der Waals surface area (Å²) in [6.07, 6.45) is 1.45. The van der Waals surface area contributed by atoms with Gasteiger partial charge in [-0.25, -0.2) is 4.79 Å². The van der Waals surface area contributed by atoms with Crippen LogP contribution in [-0.2, 0) is 11.3 Å². The van der Waals surface area contributed by atoms with Crippen LogP contribution in [0.2, 0.25) is 5.02 Å². The molecule has 3 aromatic carbocycles. The van der Waals surface area contributed by atoms with Crippen LogP contribution in [-0.4, -0.2) is 41.4 Å². The Morgan fingerprint density at radius 3 is 2.36 bits per heavy atom. The van der Waals surface area contributed by atoms with Crippen molar-refractivity contribution in [3.63, 3.8) is 0 Å². The summed E-state index contributed by atoms with van der Waals surface area (Å²) in [5.74, 6) is 1.36. The van der Waals surface area contributed by atoms with Gasteiger partial charge in [0.25, 0.3) is 0 Å². The summed E-state index contributed by atoms with van der Waals surface area (Å²) >= 11 is 5.94. The molecular weight excluding hydrogens is 438 g/mol. The van der Waals surface area contributed by atoms with E-state index in [1.807, 2.05) is 42.5 Å². The first-order valence-corrected chi connectivity index (χ1v) is 11.3. The zero-order valence-corrected chi connectivity index (χ0v) is 19.2. The van der Waals surface area contributed by atoms with Gasteiger partial charge in [0.15, 0.2) is 0 Å². The topological polar surface area (TPSA) is 61.9 Å². The third-order valence-electron chi connectivity index (χ3n) is 5.59. The van der Waals surface area contributed by atoms with Crippen molar-refractivity contribution in [2.45, 2.75) is 25.4 Å². The summed E-state index contributed by atoms with van der Waals surface area (Å²) < 4.78 is 5.79. The molecule has 33 heavy (non-hydrogen) atoms. The molecule has 0 unspecified atom stereocenters. The number of likely N-dealkylation sites (N-methyl/N-ethyl adjacent to an activating group) is 1. The van der Waals surface area contributed by atoms with Crippen LogP contribution in [0.15, 0.2) is 78.9 Å². The maximum absolute atomic E-state index is 13.1. The molecule has 3 amide bonds. The largest absolute Gasteiger partial charge is 0.457 e. The lowest BCUT2D eigenvalue weighted by atomic mass is 10.1. The number of hydrogen-bond acceptors (Lipinski definition) is 3. The number of rotatable bonds is 6. The molecule has 7 heteroatoms. The van der Waals surface area contributed by atoms with E-state index in [1.54, 1.807) is 53.2 Å². The minimum Gasteiger partial charge on any atom is -0.457 e. The predicted octanol–water partition coefficient (Wildman–Crippen LogP) is 5.79. The van der Waals surface area contributed by atoms with Crippen LogP contribution in [0.3, 0.4) is 0 Å². The number of likely N-dealkylation sites (tertiary alicyclic amines) is 1. The molecule has 170 valence electrons. The molecule has 1 aliphatic heterocycles. The van der Waals surface area contributed by atoms with Crippen molar-refractivity contribution in [1.29, 1.82) is 0 Å². The van der Waals surface area contributed by atoms with E-state index in [1.165, 1.54) is 0 Å². The van der Waals surface area contributed by atoms with Gasteiger partial charge in [-0.05, 0) is 66.9 Å². The number of hydrogen-bond donors (Lipinski definition) is 1. The second-order valence-electron chi connectivity index (χ2n) is 8.04. The Bertz CT molecular complexity index is 1090. The van der Waals surface area contributed by atoms with E-state index in [2.05, 4.69) is 5.32 Å². The maximum atomic E-state index is 13.1. The fourth-order valence-electron chi connectivity index (χ4n) is 3.89. The van der Waals surface area contributed by atoms with E-state index in [9.17, 15) is 9.59 Å². The summed E-state index contributed by atoms with van der Waals surface area (Å²) in [5, 5.41) is 3.56. The molecule has 0 saturated carbocycles. The van der Waals surface area contributed by atoms with Crippen LogP contribution < -0.4 is 10.1 Å². The summed E-state index contributed by atoms with van der Waals surface area (Å²) in [7, 11) is 1.76. The fraction of sp³-hybridized carbons (Fsp3) is 0.231. The number of amides is 3. The van der Waals surface area contributed by atoms with Gasteiger partial charge in [0.2, 0.25) is 5.91 Å². The molecule has 1 saturated heterocycles. The number of halogens is 1. The van der Waals surface area contributed by atoms with Crippen molar-refractivity contribution in [3.8, 4) is 11.5 Å². The van der Waals surface area contributed by atoms with E-state index >= 15 is 0 Å². The van der Waals surface area contributed by atoms with Gasteiger partial charge in [-0.3, -0.25) is 4.79 Å². The van der Waals surface area contributed by atoms with Gasteiger partial charge >= 0.3 is 6.03 Å². The highest BCUT2D eigenvalue weighted by Gasteiger charge is 2.35. The lowest BCUT2D eigenvalue weighted by molar-refractivity contribution is -0.134. The van der Waals surface area contributed by atoms with Crippen LogP contribution in [0, 0.1) is 0 Å². The molecule has 6 nitrogen and oxygen atoms in total. The molecule has 0 radical (unpaired) electrons. The molecule has 1 heterocycles. The Balaban J connectivity index is 1.35. The van der Waals surface area contributed by atoms with Gasteiger partial charge in [-0.2, -0.15) is 0 Å². The Kier molecular flexibility index (Phi) is 7.15. The highest BCUT2D eigenvalue weighted by atomic mass is 35.5. The predicted molar refractivity (Wildman–Crippen MR) is 130 cm³/mol. The van der Waals surface area contributed by atoms with E-state index in [4.69, 9.17) is 16.3 Å². The summed E-state index contributed by atoms with van der Waals surface area (Å²) in [4.78, 5) is 29.3. The molecule has 0 aromatic heterocycles. The standard InChI is InChI=1S/C26H26ClN3O3/c1-29(18-19-9-11-20(27)12-10-19)25(31)24-8-5-17-30(24)26(32)28-21-13-15-23(16-14-21)33-22-6-3-2-4-7-22/h2-4,6-7,9-16,24H,5,8,17-18H2,1H3,(H,28,32)/t24-/m1/s1. The molecule has 0 bridgehead atoms. The lowest BCUT2D eigenvalue weighted by Crippen LogP contribution is -2.47. The number of para-hydroxylation sites is 1. The highest BCUT2D eigenvalue weighted by molar-refractivity contribution is 6.30. The molecule has 1 N–H and O–H groups in total. The molecule has 0 aliphatic carbocycles. The number of carbonyl (C=O) groups excluding carboxylic acids is 2. The van der Waals surface area contributed by atoms with E-state index in [0.29, 0.717) is 36.0 Å². The van der Waals surface area contributed by atoms with Gasteiger partial charge in [-0.15, -0.1) is 0 Å². The van der Waals surface area contributed by atoms with Gasteiger partial charge < -0.3 is 19.9 Å². The molecular formula is C26H26ClN3O3. The average Bonchev–Trinajstić information content (AvgIpc) is 3.32. The molecule has 3 aromatic rings. The monoisotopic (exact) mass is 463 g/mol. The Morgan fingerprint density at radius 2 is 1.67 bits per heavy atom.